The Kier molecular flexibility index (Phi) is 2.73. The lowest BCUT2D eigenvalue weighted by Crippen LogP contribution is -2.18. The minimum Gasteiger partial charge on any atom is -0.258 e. The quantitative estimate of drug-likeness (QED) is 0.264. The van der Waals surface area contributed by atoms with Gasteiger partial charge < -0.3 is 0 Å². The van der Waals surface area contributed by atoms with Crippen LogP contribution in [-0.2, 0) is 10.3 Å². The average Bonchev–Trinajstić information content (AvgIpc) is 2.16. The molecule has 0 amide bonds. The van der Waals surface area contributed by atoms with Crippen molar-refractivity contribution in [1.82, 2.24) is 0 Å². The molecule has 72 valence electrons. The van der Waals surface area contributed by atoms with E-state index in [0.717, 1.165) is 18.2 Å². The molecule has 8 heteroatoms. The van der Waals surface area contributed by atoms with Crippen molar-refractivity contribution in [3.8, 4) is 0 Å². The van der Waals surface area contributed by atoms with E-state index < -0.39 is 21.3 Å². The Bertz CT molecular complexity index is 500. The van der Waals surface area contributed by atoms with Crippen LogP contribution in [0.25, 0.3) is 4.98 Å². The number of diazo groups is 1. The minimum atomic E-state index is -2.64. The first-order valence-electron chi connectivity index (χ1n) is 3.41. The number of hydrogen-bond acceptors (Lipinski definition) is 5. The third-order valence-electron chi connectivity index (χ3n) is 1.56. The van der Waals surface area contributed by atoms with Gasteiger partial charge in [0.2, 0.25) is 15.7 Å². The maximum Gasteiger partial charge on any atom is 0.372 e. The van der Waals surface area contributed by atoms with E-state index >= 15 is 0 Å². The van der Waals surface area contributed by atoms with Crippen LogP contribution in [0, 0.1) is 15.5 Å². The fraction of sp³-hybridized carbons (Fsp3) is 0.167. The van der Waals surface area contributed by atoms with Gasteiger partial charge in [0, 0.05) is 18.2 Å². The largest absolute Gasteiger partial charge is 0.372 e. The van der Waals surface area contributed by atoms with E-state index in [1.807, 2.05) is 0 Å². The zero-order chi connectivity index (χ0) is 10.7. The molecule has 1 unspecified atom stereocenters. The lowest BCUT2D eigenvalue weighted by molar-refractivity contribution is -0.418. The van der Waals surface area contributed by atoms with E-state index in [1.165, 1.54) is 0 Å². The molecule has 14 heavy (non-hydrogen) atoms. The summed E-state index contributed by atoms with van der Waals surface area (Å²) in [5.74, 6) is 0. The second-order valence-corrected chi connectivity index (χ2v) is 3.32. The highest BCUT2D eigenvalue weighted by Crippen LogP contribution is 2.11. The molecule has 0 aromatic rings. The van der Waals surface area contributed by atoms with Gasteiger partial charge in [-0.1, -0.05) is 0 Å². The highest BCUT2D eigenvalue weighted by Gasteiger charge is 2.31. The Morgan fingerprint density at radius 2 is 2.21 bits per heavy atom. The van der Waals surface area contributed by atoms with Gasteiger partial charge in [-0.2, -0.15) is 8.42 Å². The molecule has 0 bridgehead atoms. The first kappa shape index (κ1) is 10.1. The average molecular weight is 214 g/mol. The molecule has 0 radical (unpaired) electrons. The molecule has 0 fully saturated rings. The fourth-order valence-electron chi connectivity index (χ4n) is 0.919. The summed E-state index contributed by atoms with van der Waals surface area (Å²) in [6.45, 7) is 0. The van der Waals surface area contributed by atoms with Crippen LogP contribution in [0.2, 0.25) is 0 Å². The lowest BCUT2D eigenvalue weighted by Gasteiger charge is -1.96. The molecule has 0 N–H and O–H groups in total. The summed E-state index contributed by atoms with van der Waals surface area (Å²) in [6, 6.07) is -1.06. The number of nitrogens with zero attached hydrogens (tertiary/aromatic N) is 3. The third kappa shape index (κ3) is 1.83. The standard InChI is InChI=1S/C6H4N3O4S/c7-8-5-2-1-4(9(10)11)3-6(5)14(12)13/h1-3,5H/q+1. The van der Waals surface area contributed by atoms with Gasteiger partial charge in [0.1, 0.15) is 4.98 Å². The predicted molar refractivity (Wildman–Crippen MR) is 47.0 cm³/mol. The normalized spacial score (nSPS) is 19.8. The molecule has 0 saturated carbocycles. The Labute approximate surface area is 79.7 Å². The Balaban J connectivity index is 3.30. The van der Waals surface area contributed by atoms with Gasteiger partial charge in [-0.25, -0.2) is 0 Å². The maximum atomic E-state index is 10.6. The molecular formula is C6H4N3O4S+. The summed E-state index contributed by atoms with van der Waals surface area (Å²) >= 11 is 0. The number of hydrogen-bond donors (Lipinski definition) is 0. The van der Waals surface area contributed by atoms with Crippen LogP contribution in [-0.4, -0.2) is 24.2 Å². The summed E-state index contributed by atoms with van der Waals surface area (Å²) in [5.41, 5.74) is -0.357. The number of allylic oxidation sites excluding steroid dienone is 1. The second kappa shape index (κ2) is 3.80. The highest BCUT2D eigenvalue weighted by atomic mass is 32.2. The lowest BCUT2D eigenvalue weighted by atomic mass is 10.1. The van der Waals surface area contributed by atoms with Crippen molar-refractivity contribution in [3.63, 3.8) is 0 Å². The first-order chi connectivity index (χ1) is 6.56. The second-order valence-electron chi connectivity index (χ2n) is 2.38. The molecule has 0 heterocycles. The molecule has 1 rings (SSSR count). The van der Waals surface area contributed by atoms with Crippen LogP contribution >= 0.6 is 0 Å². The minimum absolute atomic E-state index is 0.332. The zero-order valence-corrected chi connectivity index (χ0v) is 7.51. The van der Waals surface area contributed by atoms with E-state index in [1.54, 1.807) is 0 Å². The highest BCUT2D eigenvalue weighted by molar-refractivity contribution is 7.73. The summed E-state index contributed by atoms with van der Waals surface area (Å²) in [4.78, 5) is 12.0. The molecule has 0 aromatic heterocycles. The van der Waals surface area contributed by atoms with Crippen molar-refractivity contribution in [2.75, 3.05) is 0 Å². The van der Waals surface area contributed by atoms with E-state index in [0.29, 0.717) is 0 Å². The molecule has 0 saturated heterocycles. The van der Waals surface area contributed by atoms with Crippen LogP contribution in [0.1, 0.15) is 0 Å². The van der Waals surface area contributed by atoms with Crippen molar-refractivity contribution >= 4 is 15.2 Å². The Hall–Kier alpha value is -2.01. The maximum absolute atomic E-state index is 10.6. The SMILES string of the molecule is N#[N+]C1C=CC([N+](=O)[O-])=CC1=S(=O)=O. The van der Waals surface area contributed by atoms with Gasteiger partial charge in [-0.3, -0.25) is 10.1 Å². The number of nitro groups is 1. The van der Waals surface area contributed by atoms with Crippen LogP contribution in [0.5, 0.6) is 0 Å². The van der Waals surface area contributed by atoms with Gasteiger partial charge in [-0.05, 0) is 0 Å². The Morgan fingerprint density at radius 1 is 1.57 bits per heavy atom. The van der Waals surface area contributed by atoms with Crippen molar-refractivity contribution in [2.45, 2.75) is 6.04 Å². The molecule has 0 aromatic carbocycles. The van der Waals surface area contributed by atoms with Crippen LogP contribution < -0.4 is 0 Å². The summed E-state index contributed by atoms with van der Waals surface area (Å²) in [5, 5.41) is 18.7. The van der Waals surface area contributed by atoms with Crippen molar-refractivity contribution in [3.05, 3.63) is 39.0 Å². The smallest absolute Gasteiger partial charge is 0.258 e. The van der Waals surface area contributed by atoms with Crippen molar-refractivity contribution in [1.29, 1.82) is 5.39 Å². The van der Waals surface area contributed by atoms with E-state index in [9.17, 15) is 18.5 Å². The van der Waals surface area contributed by atoms with Gasteiger partial charge >= 0.3 is 6.04 Å². The zero-order valence-electron chi connectivity index (χ0n) is 6.69. The summed E-state index contributed by atoms with van der Waals surface area (Å²) < 4.78 is 21.2. The summed E-state index contributed by atoms with van der Waals surface area (Å²) in [6.07, 6.45) is 3.07. The Morgan fingerprint density at radius 3 is 2.64 bits per heavy atom. The van der Waals surface area contributed by atoms with E-state index in [2.05, 4.69) is 4.98 Å². The van der Waals surface area contributed by atoms with Gasteiger partial charge in [0.15, 0.2) is 4.86 Å². The molecule has 0 spiro atoms. The monoisotopic (exact) mass is 214 g/mol. The fourth-order valence-corrected chi connectivity index (χ4v) is 1.46. The third-order valence-corrected chi connectivity index (χ3v) is 2.30. The van der Waals surface area contributed by atoms with Gasteiger partial charge in [0.25, 0.3) is 5.70 Å². The number of rotatable bonds is 1. The van der Waals surface area contributed by atoms with Crippen molar-refractivity contribution < 1.29 is 13.3 Å². The molecule has 7 nitrogen and oxygen atoms in total. The summed E-state index contributed by atoms with van der Waals surface area (Å²) in [7, 11) is -2.64. The topological polar surface area (TPSA) is 105 Å². The van der Waals surface area contributed by atoms with Gasteiger partial charge in [-0.15, -0.1) is 0 Å². The van der Waals surface area contributed by atoms with E-state index in [-0.39, 0.29) is 10.6 Å². The van der Waals surface area contributed by atoms with E-state index in [4.69, 9.17) is 5.39 Å². The van der Waals surface area contributed by atoms with Crippen LogP contribution in [0.3, 0.4) is 0 Å². The molecule has 1 aliphatic rings. The predicted octanol–water partition coefficient (Wildman–Crippen LogP) is -0.0100. The van der Waals surface area contributed by atoms with Crippen molar-refractivity contribution in [2.24, 2.45) is 0 Å². The first-order valence-corrected chi connectivity index (χ1v) is 4.48. The van der Waals surface area contributed by atoms with Gasteiger partial charge in [0.05, 0.1) is 4.92 Å². The molecule has 1 aliphatic carbocycles. The molecular weight excluding hydrogens is 210 g/mol. The molecule has 1 atom stereocenters. The van der Waals surface area contributed by atoms with Crippen LogP contribution in [0.15, 0.2) is 23.9 Å². The molecule has 0 aliphatic heterocycles. The van der Waals surface area contributed by atoms with Crippen LogP contribution in [0.4, 0.5) is 0 Å².